The van der Waals surface area contributed by atoms with Gasteiger partial charge in [0.05, 0.1) is 5.54 Å². The Bertz CT molecular complexity index is 565. The zero-order valence-corrected chi connectivity index (χ0v) is 10.3. The quantitative estimate of drug-likeness (QED) is 0.777. The van der Waals surface area contributed by atoms with E-state index in [1.807, 2.05) is 24.3 Å². The molecule has 0 bridgehead atoms. The number of fused-ring (bicyclic) bond motifs is 1. The second-order valence-electron chi connectivity index (χ2n) is 4.48. The molecule has 0 saturated carbocycles. The highest BCUT2D eigenvalue weighted by Gasteiger charge is 2.39. The van der Waals surface area contributed by atoms with E-state index >= 15 is 0 Å². The Labute approximate surface area is 101 Å². The average molecular weight is 253 g/mol. The van der Waals surface area contributed by atoms with Crippen molar-refractivity contribution in [2.45, 2.75) is 24.1 Å². The second-order valence-corrected chi connectivity index (χ2v) is 6.22. The van der Waals surface area contributed by atoms with Crippen LogP contribution in [0.2, 0.25) is 0 Å². The van der Waals surface area contributed by atoms with Crippen LogP contribution >= 0.6 is 0 Å². The van der Waals surface area contributed by atoms with Crippen LogP contribution in [0.15, 0.2) is 30.3 Å². The third-order valence-electron chi connectivity index (χ3n) is 3.33. The van der Waals surface area contributed by atoms with Crippen molar-refractivity contribution in [2.75, 3.05) is 0 Å². The molecule has 1 aromatic carbocycles. The molecule has 0 aromatic heterocycles. The summed E-state index contributed by atoms with van der Waals surface area (Å²) in [5.74, 6) is 0. The first-order valence-electron chi connectivity index (χ1n) is 5.35. The lowest BCUT2D eigenvalue weighted by Crippen LogP contribution is -2.53. The maximum absolute atomic E-state index is 11.2. The molecule has 1 aliphatic carbocycles. The van der Waals surface area contributed by atoms with E-state index in [2.05, 4.69) is 0 Å². The van der Waals surface area contributed by atoms with E-state index in [9.17, 15) is 8.42 Å². The molecule has 4 nitrogen and oxygen atoms in total. The van der Waals surface area contributed by atoms with Crippen LogP contribution in [0.4, 0.5) is 0 Å². The summed E-state index contributed by atoms with van der Waals surface area (Å²) in [4.78, 5) is 0. The van der Waals surface area contributed by atoms with Gasteiger partial charge in [-0.15, -0.1) is 0 Å². The van der Waals surface area contributed by atoms with Crippen LogP contribution in [0.25, 0.3) is 6.08 Å². The number of hydrogen-bond acceptors (Lipinski definition) is 3. The molecule has 0 aliphatic heterocycles. The van der Waals surface area contributed by atoms with Gasteiger partial charge in [-0.2, -0.15) is 8.42 Å². The zero-order valence-electron chi connectivity index (χ0n) is 9.50. The molecule has 0 amide bonds. The fourth-order valence-corrected chi connectivity index (χ4v) is 2.76. The number of rotatable bonds is 2. The van der Waals surface area contributed by atoms with Crippen LogP contribution in [0, 0.1) is 0 Å². The first kappa shape index (κ1) is 12.3. The summed E-state index contributed by atoms with van der Waals surface area (Å²) >= 11 is 0. The molecular formula is C12H15NO3S. The summed E-state index contributed by atoms with van der Waals surface area (Å²) in [6.07, 6.45) is 3.87. The summed E-state index contributed by atoms with van der Waals surface area (Å²) in [7, 11) is -4.14. The molecule has 0 saturated heterocycles. The Morgan fingerprint density at radius 2 is 2.06 bits per heavy atom. The molecule has 1 aromatic rings. The molecule has 1 aliphatic rings. The van der Waals surface area contributed by atoms with E-state index in [1.54, 1.807) is 12.2 Å². The van der Waals surface area contributed by atoms with Gasteiger partial charge in [-0.05, 0) is 24.5 Å². The zero-order chi connectivity index (χ0) is 12.7. The Balaban J connectivity index is 2.40. The lowest BCUT2D eigenvalue weighted by Gasteiger charge is -2.33. The standard InChI is InChI=1S/C12H15NO3S/c1-9(17(14,15)16)12(13)7-6-10-4-2-3-5-11(10)8-12/h2-7,9H,8,13H2,1H3,(H,14,15,16). The van der Waals surface area contributed by atoms with Crippen molar-refractivity contribution in [3.63, 3.8) is 0 Å². The molecule has 5 heteroatoms. The minimum Gasteiger partial charge on any atom is -0.320 e. The van der Waals surface area contributed by atoms with Gasteiger partial charge in [0, 0.05) is 0 Å². The molecule has 0 radical (unpaired) electrons. The smallest absolute Gasteiger partial charge is 0.269 e. The summed E-state index contributed by atoms with van der Waals surface area (Å²) in [5.41, 5.74) is 7.06. The minimum atomic E-state index is -4.14. The molecule has 0 spiro atoms. The van der Waals surface area contributed by atoms with Gasteiger partial charge >= 0.3 is 0 Å². The van der Waals surface area contributed by atoms with Gasteiger partial charge in [0.2, 0.25) is 0 Å². The molecule has 3 N–H and O–H groups in total. The molecule has 92 valence electrons. The maximum atomic E-state index is 11.2. The van der Waals surface area contributed by atoms with E-state index in [4.69, 9.17) is 10.3 Å². The Kier molecular flexibility index (Phi) is 2.85. The van der Waals surface area contributed by atoms with E-state index in [0.717, 1.165) is 11.1 Å². The molecule has 0 fully saturated rings. The van der Waals surface area contributed by atoms with Crippen molar-refractivity contribution in [2.24, 2.45) is 5.73 Å². The number of benzene rings is 1. The van der Waals surface area contributed by atoms with Crippen molar-refractivity contribution < 1.29 is 13.0 Å². The second kappa shape index (κ2) is 3.94. The van der Waals surface area contributed by atoms with Gasteiger partial charge < -0.3 is 5.73 Å². The average Bonchev–Trinajstić information content (AvgIpc) is 2.26. The first-order valence-corrected chi connectivity index (χ1v) is 6.85. The molecule has 0 heterocycles. The number of hydrogen-bond donors (Lipinski definition) is 2. The summed E-state index contributed by atoms with van der Waals surface area (Å²) in [5, 5.41) is -1.03. The predicted molar refractivity (Wildman–Crippen MR) is 67.1 cm³/mol. The number of nitrogens with two attached hydrogens (primary N) is 1. The highest BCUT2D eigenvalue weighted by Crippen LogP contribution is 2.28. The van der Waals surface area contributed by atoms with Crippen molar-refractivity contribution >= 4 is 16.2 Å². The fourth-order valence-electron chi connectivity index (χ4n) is 2.05. The third kappa shape index (κ3) is 2.26. The third-order valence-corrected chi connectivity index (χ3v) is 4.66. The summed E-state index contributed by atoms with van der Waals surface area (Å²) < 4.78 is 31.5. The van der Waals surface area contributed by atoms with Crippen LogP contribution in [-0.2, 0) is 16.5 Å². The minimum absolute atomic E-state index is 0.403. The molecule has 2 atom stereocenters. The van der Waals surface area contributed by atoms with Crippen LogP contribution in [0.3, 0.4) is 0 Å². The molecule has 2 unspecified atom stereocenters. The van der Waals surface area contributed by atoms with Gasteiger partial charge in [-0.1, -0.05) is 36.4 Å². The van der Waals surface area contributed by atoms with E-state index in [-0.39, 0.29) is 0 Å². The van der Waals surface area contributed by atoms with Gasteiger partial charge in [-0.25, -0.2) is 0 Å². The normalized spacial score (nSPS) is 25.4. The highest BCUT2D eigenvalue weighted by molar-refractivity contribution is 7.86. The highest BCUT2D eigenvalue weighted by atomic mass is 32.2. The van der Waals surface area contributed by atoms with Crippen molar-refractivity contribution in [3.05, 3.63) is 41.5 Å². The summed E-state index contributed by atoms with van der Waals surface area (Å²) in [6.45, 7) is 1.42. The van der Waals surface area contributed by atoms with E-state index in [1.165, 1.54) is 6.92 Å². The van der Waals surface area contributed by atoms with Gasteiger partial charge in [-0.3, -0.25) is 4.55 Å². The molecule has 17 heavy (non-hydrogen) atoms. The van der Waals surface area contributed by atoms with Crippen LogP contribution < -0.4 is 5.73 Å². The van der Waals surface area contributed by atoms with Crippen molar-refractivity contribution in [1.82, 2.24) is 0 Å². The summed E-state index contributed by atoms with van der Waals surface area (Å²) in [6, 6.07) is 7.66. The predicted octanol–water partition coefficient (Wildman–Crippen LogP) is 1.23. The lowest BCUT2D eigenvalue weighted by atomic mass is 9.82. The van der Waals surface area contributed by atoms with E-state index in [0.29, 0.717) is 6.42 Å². The van der Waals surface area contributed by atoms with Gasteiger partial charge in [0.15, 0.2) is 0 Å². The Hall–Kier alpha value is -1.17. The first-order chi connectivity index (χ1) is 7.83. The molecule has 2 rings (SSSR count). The van der Waals surface area contributed by atoms with Crippen LogP contribution in [-0.4, -0.2) is 23.8 Å². The topological polar surface area (TPSA) is 80.4 Å². The van der Waals surface area contributed by atoms with Crippen molar-refractivity contribution in [1.29, 1.82) is 0 Å². The van der Waals surface area contributed by atoms with Gasteiger partial charge in [0.25, 0.3) is 10.1 Å². The van der Waals surface area contributed by atoms with E-state index < -0.39 is 20.9 Å². The Morgan fingerprint density at radius 3 is 2.71 bits per heavy atom. The SMILES string of the molecule is CC(C1(N)C=Cc2ccccc2C1)S(=O)(=O)O. The largest absolute Gasteiger partial charge is 0.320 e. The molecular weight excluding hydrogens is 238 g/mol. The Morgan fingerprint density at radius 1 is 1.41 bits per heavy atom. The monoisotopic (exact) mass is 253 g/mol. The van der Waals surface area contributed by atoms with Crippen LogP contribution in [0.1, 0.15) is 18.1 Å². The maximum Gasteiger partial charge on any atom is 0.269 e. The fraction of sp³-hybridized carbons (Fsp3) is 0.333. The van der Waals surface area contributed by atoms with Crippen LogP contribution in [0.5, 0.6) is 0 Å². The van der Waals surface area contributed by atoms with Gasteiger partial charge in [0.1, 0.15) is 5.25 Å². The van der Waals surface area contributed by atoms with Crippen molar-refractivity contribution in [3.8, 4) is 0 Å². The lowest BCUT2D eigenvalue weighted by molar-refractivity contribution is 0.424.